The van der Waals surface area contributed by atoms with E-state index in [2.05, 4.69) is 9.71 Å². The number of rotatable bonds is 10. The van der Waals surface area contributed by atoms with E-state index in [4.69, 9.17) is 24.1 Å². The van der Waals surface area contributed by atoms with Gasteiger partial charge in [0.2, 0.25) is 10.0 Å². The van der Waals surface area contributed by atoms with Gasteiger partial charge in [0.1, 0.15) is 5.75 Å². The van der Waals surface area contributed by atoms with Crippen molar-refractivity contribution < 1.29 is 50.5 Å². The predicted molar refractivity (Wildman–Crippen MR) is 142 cm³/mol. The van der Waals surface area contributed by atoms with Crippen LogP contribution in [0.2, 0.25) is 0 Å². The van der Waals surface area contributed by atoms with Gasteiger partial charge in [0.05, 0.1) is 36.1 Å². The highest BCUT2D eigenvalue weighted by atomic mass is 32.2. The van der Waals surface area contributed by atoms with Crippen LogP contribution in [0, 0.1) is 5.92 Å². The standard InChI is InChI=1S/C24H33N3O6S.C2HF3O2/c1-18(2)33-24(28)27-13-10-19(11-14-27)17-32-21-6-9-23(25-16-21)20-4-7-22(8-5-20)34(29,30)26-12-15-31-3;3-2(4,5)1(6)7/h4-9,16,18-19,26H,10-15,17H2,1-3H3;(H,6,7). The van der Waals surface area contributed by atoms with Gasteiger partial charge in [-0.1, -0.05) is 12.1 Å². The Morgan fingerprint density at radius 1 is 1.12 bits per heavy atom. The van der Waals surface area contributed by atoms with Gasteiger partial charge < -0.3 is 24.2 Å². The summed E-state index contributed by atoms with van der Waals surface area (Å²) in [5.41, 5.74) is 1.53. The summed E-state index contributed by atoms with van der Waals surface area (Å²) in [6, 6.07) is 10.3. The third-order valence-electron chi connectivity index (χ3n) is 5.73. The van der Waals surface area contributed by atoms with Crippen LogP contribution in [0.3, 0.4) is 0 Å². The van der Waals surface area contributed by atoms with Crippen LogP contribution in [-0.4, -0.2) is 87.7 Å². The lowest BCUT2D eigenvalue weighted by Crippen LogP contribution is -2.40. The van der Waals surface area contributed by atoms with Crippen LogP contribution in [0.15, 0.2) is 47.5 Å². The summed E-state index contributed by atoms with van der Waals surface area (Å²) < 4.78 is 74.8. The number of alkyl halides is 3. The Morgan fingerprint density at radius 2 is 1.73 bits per heavy atom. The molecule has 0 atom stereocenters. The fourth-order valence-corrected chi connectivity index (χ4v) is 4.59. The monoisotopic (exact) mass is 605 g/mol. The Bertz CT molecular complexity index is 1220. The summed E-state index contributed by atoms with van der Waals surface area (Å²) >= 11 is 0. The zero-order valence-electron chi connectivity index (χ0n) is 22.9. The number of aromatic nitrogens is 1. The number of halogens is 3. The van der Waals surface area contributed by atoms with Crippen molar-refractivity contribution in [2.75, 3.05) is 40.0 Å². The first-order valence-corrected chi connectivity index (χ1v) is 14.1. The van der Waals surface area contributed by atoms with Gasteiger partial charge in [-0.15, -0.1) is 0 Å². The van der Waals surface area contributed by atoms with E-state index < -0.39 is 22.2 Å². The molecular formula is C26H34F3N3O8S. The molecular weight excluding hydrogens is 571 g/mol. The first kappa shape index (κ1) is 33.8. The summed E-state index contributed by atoms with van der Waals surface area (Å²) in [6.45, 7) is 6.13. The molecule has 2 heterocycles. The van der Waals surface area contributed by atoms with E-state index in [0.717, 1.165) is 24.1 Å². The third kappa shape index (κ3) is 11.5. The van der Waals surface area contributed by atoms with Gasteiger partial charge in [0, 0.05) is 32.3 Å². The lowest BCUT2D eigenvalue weighted by Gasteiger charge is -2.31. The number of piperidine rings is 1. The second kappa shape index (κ2) is 15.5. The number of sulfonamides is 1. The topological polar surface area (TPSA) is 144 Å². The highest BCUT2D eigenvalue weighted by Gasteiger charge is 2.38. The fraction of sp³-hybridized carbons (Fsp3) is 0.500. The molecule has 1 fully saturated rings. The number of benzene rings is 1. The minimum absolute atomic E-state index is 0.113. The molecule has 0 bridgehead atoms. The number of carboxylic acids is 1. The molecule has 0 radical (unpaired) electrons. The molecule has 228 valence electrons. The minimum atomic E-state index is -5.08. The Morgan fingerprint density at radius 3 is 2.22 bits per heavy atom. The smallest absolute Gasteiger partial charge is 0.490 e. The van der Waals surface area contributed by atoms with Crippen molar-refractivity contribution in [1.29, 1.82) is 0 Å². The van der Waals surface area contributed by atoms with Crippen molar-refractivity contribution in [3.8, 4) is 17.0 Å². The normalized spacial score (nSPS) is 14.3. The van der Waals surface area contributed by atoms with Crippen molar-refractivity contribution in [3.05, 3.63) is 42.6 Å². The lowest BCUT2D eigenvalue weighted by atomic mass is 9.98. The molecule has 0 unspecified atom stereocenters. The number of methoxy groups -OCH3 is 1. The highest BCUT2D eigenvalue weighted by Crippen LogP contribution is 2.23. The summed E-state index contributed by atoms with van der Waals surface area (Å²) in [6.07, 6.45) is -2.04. The number of carbonyl (C=O) groups excluding carboxylic acids is 1. The largest absolute Gasteiger partial charge is 0.492 e. The molecule has 0 aliphatic carbocycles. The van der Waals surface area contributed by atoms with E-state index in [1.165, 1.54) is 7.11 Å². The van der Waals surface area contributed by atoms with E-state index >= 15 is 0 Å². The lowest BCUT2D eigenvalue weighted by molar-refractivity contribution is -0.192. The Kier molecular flexibility index (Phi) is 12.8. The SMILES string of the molecule is COCCNS(=O)(=O)c1ccc(-c2ccc(OCC3CCN(C(=O)OC(C)C)CC3)cn2)cc1.O=C(O)C(F)(F)F. The van der Waals surface area contributed by atoms with Crippen molar-refractivity contribution in [2.24, 2.45) is 5.92 Å². The number of pyridine rings is 1. The summed E-state index contributed by atoms with van der Waals surface area (Å²) in [4.78, 5) is 27.3. The molecule has 15 heteroatoms. The summed E-state index contributed by atoms with van der Waals surface area (Å²) in [7, 11) is -2.05. The highest BCUT2D eigenvalue weighted by molar-refractivity contribution is 7.89. The zero-order chi connectivity index (χ0) is 30.6. The van der Waals surface area contributed by atoms with Crippen LogP contribution in [0.4, 0.5) is 18.0 Å². The molecule has 1 aromatic carbocycles. The molecule has 2 aromatic rings. The second-order valence-corrected chi connectivity index (χ2v) is 11.0. The average molecular weight is 606 g/mol. The maximum Gasteiger partial charge on any atom is 0.490 e. The van der Waals surface area contributed by atoms with Crippen LogP contribution in [0.5, 0.6) is 5.75 Å². The molecule has 11 nitrogen and oxygen atoms in total. The van der Waals surface area contributed by atoms with E-state index in [1.54, 1.807) is 35.4 Å². The summed E-state index contributed by atoms with van der Waals surface area (Å²) in [5.74, 6) is -1.71. The van der Waals surface area contributed by atoms with Gasteiger partial charge >= 0.3 is 18.2 Å². The molecule has 41 heavy (non-hydrogen) atoms. The second-order valence-electron chi connectivity index (χ2n) is 9.27. The maximum absolute atomic E-state index is 12.3. The van der Waals surface area contributed by atoms with Gasteiger partial charge in [0.25, 0.3) is 0 Å². The molecule has 0 saturated carbocycles. The summed E-state index contributed by atoms with van der Waals surface area (Å²) in [5, 5.41) is 7.12. The number of hydrogen-bond acceptors (Lipinski definition) is 8. The van der Waals surface area contributed by atoms with Crippen LogP contribution in [0.1, 0.15) is 26.7 Å². The number of carbonyl (C=O) groups is 2. The molecule has 1 saturated heterocycles. The maximum atomic E-state index is 12.3. The Labute approximate surface area is 236 Å². The number of aliphatic carboxylic acids is 1. The van der Waals surface area contributed by atoms with Crippen molar-refractivity contribution in [3.63, 3.8) is 0 Å². The molecule has 2 N–H and O–H groups in total. The first-order valence-electron chi connectivity index (χ1n) is 12.7. The molecule has 1 amide bonds. The van der Waals surface area contributed by atoms with E-state index in [9.17, 15) is 26.4 Å². The van der Waals surface area contributed by atoms with Crippen molar-refractivity contribution in [2.45, 2.75) is 43.9 Å². The quantitative estimate of drug-likeness (QED) is 0.385. The number of likely N-dealkylation sites (tertiary alicyclic amines) is 1. The van der Waals surface area contributed by atoms with Crippen LogP contribution in [0.25, 0.3) is 11.3 Å². The molecule has 1 aliphatic heterocycles. The van der Waals surface area contributed by atoms with Crippen LogP contribution in [-0.2, 0) is 24.3 Å². The number of carboxylic acid groups (broad SMARTS) is 1. The zero-order valence-corrected chi connectivity index (χ0v) is 23.7. The third-order valence-corrected chi connectivity index (χ3v) is 7.21. The van der Waals surface area contributed by atoms with Gasteiger partial charge in [-0.25, -0.2) is 22.7 Å². The Balaban J connectivity index is 0.000000745. The fourth-order valence-electron chi connectivity index (χ4n) is 3.58. The first-order chi connectivity index (χ1) is 19.2. The van der Waals surface area contributed by atoms with Crippen LogP contribution < -0.4 is 9.46 Å². The van der Waals surface area contributed by atoms with Gasteiger partial charge in [-0.2, -0.15) is 13.2 Å². The van der Waals surface area contributed by atoms with E-state index in [0.29, 0.717) is 38.0 Å². The minimum Gasteiger partial charge on any atom is -0.492 e. The molecule has 3 rings (SSSR count). The van der Waals surface area contributed by atoms with Gasteiger partial charge in [0.15, 0.2) is 0 Å². The molecule has 0 spiro atoms. The number of amides is 1. The van der Waals surface area contributed by atoms with Crippen molar-refractivity contribution >= 4 is 22.1 Å². The van der Waals surface area contributed by atoms with E-state index in [-0.39, 0.29) is 23.6 Å². The number of hydrogen-bond donors (Lipinski definition) is 2. The van der Waals surface area contributed by atoms with Gasteiger partial charge in [-0.05, 0) is 56.9 Å². The predicted octanol–water partition coefficient (Wildman–Crippen LogP) is 3.94. The molecule has 1 aromatic heterocycles. The van der Waals surface area contributed by atoms with Gasteiger partial charge in [-0.3, -0.25) is 4.98 Å². The van der Waals surface area contributed by atoms with Crippen molar-refractivity contribution in [1.82, 2.24) is 14.6 Å². The average Bonchev–Trinajstić information content (AvgIpc) is 2.92. The van der Waals surface area contributed by atoms with Crippen LogP contribution >= 0.6 is 0 Å². The number of nitrogens with one attached hydrogen (secondary N) is 1. The number of ether oxygens (including phenoxy) is 3. The molecule has 1 aliphatic rings. The van der Waals surface area contributed by atoms with E-state index in [1.807, 2.05) is 26.0 Å². The Hall–Kier alpha value is -3.43. The number of nitrogens with zero attached hydrogens (tertiary/aromatic N) is 2.